The van der Waals surface area contributed by atoms with Crippen LogP contribution < -0.4 is 9.47 Å². The van der Waals surface area contributed by atoms with Crippen molar-refractivity contribution in [2.24, 2.45) is 5.92 Å². The lowest BCUT2D eigenvalue weighted by Crippen LogP contribution is -2.47. The Labute approximate surface area is 144 Å². The summed E-state index contributed by atoms with van der Waals surface area (Å²) in [6, 6.07) is 5.99. The number of methoxy groups -OCH3 is 2. The minimum absolute atomic E-state index is 0.0558. The van der Waals surface area contributed by atoms with E-state index in [2.05, 4.69) is 6.58 Å². The molecule has 0 saturated heterocycles. The third kappa shape index (κ3) is 4.09. The van der Waals surface area contributed by atoms with Gasteiger partial charge in [0.05, 0.1) is 20.3 Å². The van der Waals surface area contributed by atoms with Gasteiger partial charge in [-0.3, -0.25) is 4.79 Å². The van der Waals surface area contributed by atoms with Gasteiger partial charge in [-0.05, 0) is 37.8 Å². The Balaban J connectivity index is 2.17. The zero-order chi connectivity index (χ0) is 17.5. The molecule has 1 saturated carbocycles. The molecule has 1 aliphatic carbocycles. The number of carbonyl (C=O) groups excluding carboxylic acids is 1. The van der Waals surface area contributed by atoms with Gasteiger partial charge in [-0.1, -0.05) is 18.7 Å². The Bertz CT molecular complexity index is 566. The van der Waals surface area contributed by atoms with Crippen molar-refractivity contribution in [2.75, 3.05) is 27.4 Å². The number of para-hydroxylation sites is 1. The lowest BCUT2D eigenvalue weighted by molar-refractivity contribution is -0.132. The molecule has 24 heavy (non-hydrogen) atoms. The molecule has 5 nitrogen and oxygen atoms in total. The molecule has 1 fully saturated rings. The second-order valence-corrected chi connectivity index (χ2v) is 6.00. The SMILES string of the molecule is C=CC(=O)N(Cc1cccc(OCC)c1OC)C1CC(COC)C1. The Morgan fingerprint density at radius 2 is 2.12 bits per heavy atom. The molecule has 2 rings (SSSR count). The maximum atomic E-state index is 12.3. The molecule has 132 valence electrons. The Kier molecular flexibility index (Phi) is 6.67. The highest BCUT2D eigenvalue weighted by Crippen LogP contribution is 2.36. The number of amides is 1. The molecule has 0 spiro atoms. The predicted octanol–water partition coefficient (Wildman–Crippen LogP) is 3.03. The van der Waals surface area contributed by atoms with Crippen molar-refractivity contribution in [1.82, 2.24) is 4.90 Å². The van der Waals surface area contributed by atoms with E-state index in [-0.39, 0.29) is 11.9 Å². The van der Waals surface area contributed by atoms with Crippen LogP contribution in [0.5, 0.6) is 11.5 Å². The third-order valence-electron chi connectivity index (χ3n) is 4.42. The molecule has 0 N–H and O–H groups in total. The predicted molar refractivity (Wildman–Crippen MR) is 93.3 cm³/mol. The summed E-state index contributed by atoms with van der Waals surface area (Å²) in [5, 5.41) is 0. The molecule has 1 aromatic carbocycles. The maximum Gasteiger partial charge on any atom is 0.246 e. The average molecular weight is 333 g/mol. The topological polar surface area (TPSA) is 48.0 Å². The molecule has 0 heterocycles. The zero-order valence-electron chi connectivity index (χ0n) is 14.8. The van der Waals surface area contributed by atoms with Gasteiger partial charge in [0.2, 0.25) is 5.91 Å². The fourth-order valence-corrected chi connectivity index (χ4v) is 3.20. The number of rotatable bonds is 9. The molecular formula is C19H27NO4. The largest absolute Gasteiger partial charge is 0.493 e. The smallest absolute Gasteiger partial charge is 0.246 e. The second-order valence-electron chi connectivity index (χ2n) is 6.00. The number of hydrogen-bond donors (Lipinski definition) is 0. The zero-order valence-corrected chi connectivity index (χ0v) is 14.8. The molecule has 1 aliphatic rings. The van der Waals surface area contributed by atoms with Gasteiger partial charge in [0, 0.05) is 25.3 Å². The van der Waals surface area contributed by atoms with Crippen molar-refractivity contribution < 1.29 is 19.0 Å². The number of benzene rings is 1. The van der Waals surface area contributed by atoms with Crippen molar-refractivity contribution in [1.29, 1.82) is 0 Å². The van der Waals surface area contributed by atoms with E-state index in [9.17, 15) is 4.79 Å². The van der Waals surface area contributed by atoms with E-state index in [0.717, 1.165) is 25.0 Å². The van der Waals surface area contributed by atoms with Gasteiger partial charge in [-0.2, -0.15) is 0 Å². The van der Waals surface area contributed by atoms with Crippen LogP contribution in [0.2, 0.25) is 0 Å². The quantitative estimate of drug-likeness (QED) is 0.652. The van der Waals surface area contributed by atoms with Crippen molar-refractivity contribution in [3.8, 4) is 11.5 Å². The van der Waals surface area contributed by atoms with Crippen LogP contribution in [0, 0.1) is 5.92 Å². The summed E-state index contributed by atoms with van der Waals surface area (Å²) >= 11 is 0. The van der Waals surface area contributed by atoms with Crippen LogP contribution in [-0.2, 0) is 16.1 Å². The Morgan fingerprint density at radius 1 is 1.38 bits per heavy atom. The van der Waals surface area contributed by atoms with Crippen LogP contribution >= 0.6 is 0 Å². The fraction of sp³-hybridized carbons (Fsp3) is 0.526. The summed E-state index contributed by atoms with van der Waals surface area (Å²) in [7, 11) is 3.34. The van der Waals surface area contributed by atoms with Crippen LogP contribution in [0.4, 0.5) is 0 Å². The van der Waals surface area contributed by atoms with Gasteiger partial charge in [0.25, 0.3) is 0 Å². The van der Waals surface area contributed by atoms with E-state index >= 15 is 0 Å². The summed E-state index contributed by atoms with van der Waals surface area (Å²) in [6.45, 7) is 7.37. The molecule has 0 aliphatic heterocycles. The van der Waals surface area contributed by atoms with Crippen molar-refractivity contribution >= 4 is 5.91 Å². The Hall–Kier alpha value is -2.01. The summed E-state index contributed by atoms with van der Waals surface area (Å²) in [6.07, 6.45) is 3.30. The van der Waals surface area contributed by atoms with Crippen molar-refractivity contribution in [3.63, 3.8) is 0 Å². The average Bonchev–Trinajstić information content (AvgIpc) is 2.56. The van der Waals surface area contributed by atoms with Crippen molar-refractivity contribution in [2.45, 2.75) is 32.4 Å². The minimum atomic E-state index is -0.0558. The normalized spacial score (nSPS) is 19.3. The van der Waals surface area contributed by atoms with E-state index in [1.165, 1.54) is 6.08 Å². The van der Waals surface area contributed by atoms with Crippen LogP contribution in [0.15, 0.2) is 30.9 Å². The van der Waals surface area contributed by atoms with E-state index in [1.54, 1.807) is 14.2 Å². The number of nitrogens with zero attached hydrogens (tertiary/aromatic N) is 1. The molecule has 0 bridgehead atoms. The number of hydrogen-bond acceptors (Lipinski definition) is 4. The molecule has 0 unspecified atom stereocenters. The Morgan fingerprint density at radius 3 is 2.71 bits per heavy atom. The monoisotopic (exact) mass is 333 g/mol. The first-order chi connectivity index (χ1) is 11.6. The molecule has 0 aromatic heterocycles. The van der Waals surface area contributed by atoms with Crippen LogP contribution in [0.1, 0.15) is 25.3 Å². The molecule has 0 radical (unpaired) electrons. The lowest BCUT2D eigenvalue weighted by Gasteiger charge is -2.42. The van der Waals surface area contributed by atoms with Gasteiger partial charge in [0.15, 0.2) is 11.5 Å². The highest BCUT2D eigenvalue weighted by atomic mass is 16.5. The first-order valence-corrected chi connectivity index (χ1v) is 8.35. The lowest BCUT2D eigenvalue weighted by atomic mass is 9.79. The number of carbonyl (C=O) groups is 1. The van der Waals surface area contributed by atoms with Gasteiger partial charge < -0.3 is 19.1 Å². The summed E-state index contributed by atoms with van der Waals surface area (Å²) in [4.78, 5) is 14.2. The highest BCUT2D eigenvalue weighted by molar-refractivity contribution is 5.87. The number of ether oxygens (including phenoxy) is 3. The fourth-order valence-electron chi connectivity index (χ4n) is 3.20. The second kappa shape index (κ2) is 8.73. The first-order valence-electron chi connectivity index (χ1n) is 8.35. The summed E-state index contributed by atoms with van der Waals surface area (Å²) in [5.74, 6) is 1.86. The van der Waals surface area contributed by atoms with Gasteiger partial charge in [0.1, 0.15) is 0 Å². The minimum Gasteiger partial charge on any atom is -0.493 e. The van der Waals surface area contributed by atoms with Crippen LogP contribution in [0.25, 0.3) is 0 Å². The highest BCUT2D eigenvalue weighted by Gasteiger charge is 2.35. The third-order valence-corrected chi connectivity index (χ3v) is 4.42. The van der Waals surface area contributed by atoms with Crippen LogP contribution in [-0.4, -0.2) is 44.3 Å². The van der Waals surface area contributed by atoms with Crippen LogP contribution in [0.3, 0.4) is 0 Å². The molecule has 5 heteroatoms. The van der Waals surface area contributed by atoms with Crippen molar-refractivity contribution in [3.05, 3.63) is 36.4 Å². The molecule has 1 aromatic rings. The van der Waals surface area contributed by atoms with E-state index in [1.807, 2.05) is 30.0 Å². The van der Waals surface area contributed by atoms with E-state index in [4.69, 9.17) is 14.2 Å². The standard InChI is InChI=1S/C19H27NO4/c1-5-18(21)20(16-10-14(11-16)13-22-3)12-15-8-7-9-17(24-6-2)19(15)23-4/h5,7-9,14,16H,1,6,10-13H2,2-4H3. The van der Waals surface area contributed by atoms with Gasteiger partial charge >= 0.3 is 0 Å². The maximum absolute atomic E-state index is 12.3. The van der Waals surface area contributed by atoms with Gasteiger partial charge in [-0.25, -0.2) is 0 Å². The van der Waals surface area contributed by atoms with E-state index < -0.39 is 0 Å². The van der Waals surface area contributed by atoms with Gasteiger partial charge in [-0.15, -0.1) is 0 Å². The summed E-state index contributed by atoms with van der Waals surface area (Å²) < 4.78 is 16.3. The summed E-state index contributed by atoms with van der Waals surface area (Å²) in [5.41, 5.74) is 0.939. The molecular weight excluding hydrogens is 306 g/mol. The first kappa shape index (κ1) is 18.3. The molecule has 0 atom stereocenters. The van der Waals surface area contributed by atoms with E-state index in [0.29, 0.717) is 30.6 Å². The molecule has 1 amide bonds.